The van der Waals surface area contributed by atoms with E-state index in [2.05, 4.69) is 22.5 Å². The summed E-state index contributed by atoms with van der Waals surface area (Å²) in [6.07, 6.45) is 4.42. The van der Waals surface area contributed by atoms with E-state index in [1.807, 2.05) is 6.92 Å². The van der Waals surface area contributed by atoms with Crippen LogP contribution in [0.15, 0.2) is 4.99 Å². The monoisotopic (exact) mass is 209 g/mol. The van der Waals surface area contributed by atoms with Crippen LogP contribution in [0.3, 0.4) is 0 Å². The van der Waals surface area contributed by atoms with Gasteiger partial charge in [-0.3, -0.25) is 15.1 Å². The summed E-state index contributed by atoms with van der Waals surface area (Å²) in [7, 11) is 0. The molecule has 1 aliphatic carbocycles. The van der Waals surface area contributed by atoms with Gasteiger partial charge < -0.3 is 5.32 Å². The first-order chi connectivity index (χ1) is 7.19. The largest absolute Gasteiger partial charge is 0.341 e. The number of nitrogens with zero attached hydrogens (tertiary/aromatic N) is 1. The van der Waals surface area contributed by atoms with E-state index in [0.717, 1.165) is 19.3 Å². The summed E-state index contributed by atoms with van der Waals surface area (Å²) < 4.78 is 0. The molecule has 15 heavy (non-hydrogen) atoms. The average Bonchev–Trinajstić information content (AvgIpc) is 2.50. The summed E-state index contributed by atoms with van der Waals surface area (Å²) in [5.41, 5.74) is -0.369. The Morgan fingerprint density at radius 3 is 3.00 bits per heavy atom. The first-order valence-electron chi connectivity index (χ1n) is 5.83. The van der Waals surface area contributed by atoms with Crippen molar-refractivity contribution in [2.45, 2.75) is 45.1 Å². The van der Waals surface area contributed by atoms with E-state index >= 15 is 0 Å². The minimum Gasteiger partial charge on any atom is -0.341 e. The Hall–Kier alpha value is -1.06. The molecule has 4 nitrogen and oxygen atoms in total. The standard InChI is InChI=1S/C11H19N3O/c1-3-12-10-13-9(15)11(14-10)7-5-4-6-8(11)2/h8H,3-7H2,1-2H3,(H2,12,13,14,15). The molecule has 1 saturated carbocycles. The van der Waals surface area contributed by atoms with Gasteiger partial charge in [0.15, 0.2) is 5.96 Å². The van der Waals surface area contributed by atoms with Crippen LogP contribution in [0.1, 0.15) is 39.5 Å². The van der Waals surface area contributed by atoms with Crippen LogP contribution in [0.4, 0.5) is 0 Å². The molecule has 0 radical (unpaired) electrons. The highest BCUT2D eigenvalue weighted by molar-refractivity contribution is 6.09. The fourth-order valence-electron chi connectivity index (χ4n) is 2.63. The maximum absolute atomic E-state index is 12.0. The second kappa shape index (κ2) is 3.83. The SMILES string of the molecule is CCN=C1NC(=O)C2(CCCCC2C)N1. The molecule has 0 bridgehead atoms. The van der Waals surface area contributed by atoms with Crippen LogP contribution < -0.4 is 10.6 Å². The van der Waals surface area contributed by atoms with Crippen LogP contribution in [0.25, 0.3) is 0 Å². The van der Waals surface area contributed by atoms with Gasteiger partial charge >= 0.3 is 0 Å². The second-order valence-electron chi connectivity index (χ2n) is 4.52. The Morgan fingerprint density at radius 2 is 2.33 bits per heavy atom. The highest BCUT2D eigenvalue weighted by Crippen LogP contribution is 2.35. The van der Waals surface area contributed by atoms with Crippen molar-refractivity contribution in [3.05, 3.63) is 0 Å². The zero-order valence-corrected chi connectivity index (χ0v) is 9.47. The lowest BCUT2D eigenvalue weighted by molar-refractivity contribution is -0.126. The van der Waals surface area contributed by atoms with Crippen molar-refractivity contribution in [2.75, 3.05) is 6.54 Å². The van der Waals surface area contributed by atoms with E-state index in [4.69, 9.17) is 0 Å². The lowest BCUT2D eigenvalue weighted by atomic mass is 9.74. The van der Waals surface area contributed by atoms with Gasteiger partial charge in [0.2, 0.25) is 0 Å². The lowest BCUT2D eigenvalue weighted by Gasteiger charge is -2.36. The topological polar surface area (TPSA) is 53.5 Å². The van der Waals surface area contributed by atoms with Crippen molar-refractivity contribution in [1.82, 2.24) is 10.6 Å². The van der Waals surface area contributed by atoms with Crippen molar-refractivity contribution in [2.24, 2.45) is 10.9 Å². The summed E-state index contributed by atoms with van der Waals surface area (Å²) in [5.74, 6) is 1.17. The fourth-order valence-corrected chi connectivity index (χ4v) is 2.63. The van der Waals surface area contributed by atoms with E-state index < -0.39 is 0 Å². The first-order valence-corrected chi connectivity index (χ1v) is 5.83. The summed E-state index contributed by atoms with van der Waals surface area (Å²) in [6.45, 7) is 4.82. The number of hydrogen-bond donors (Lipinski definition) is 2. The smallest absolute Gasteiger partial charge is 0.252 e. The molecular formula is C11H19N3O. The van der Waals surface area contributed by atoms with Crippen LogP contribution >= 0.6 is 0 Å². The normalized spacial score (nSPS) is 38.1. The molecule has 0 aromatic heterocycles. The van der Waals surface area contributed by atoms with E-state index in [1.54, 1.807) is 0 Å². The van der Waals surface area contributed by atoms with Gasteiger partial charge in [-0.2, -0.15) is 0 Å². The molecular weight excluding hydrogens is 190 g/mol. The number of aliphatic imine (C=N–C) groups is 1. The third-order valence-electron chi connectivity index (χ3n) is 3.59. The summed E-state index contributed by atoms with van der Waals surface area (Å²) >= 11 is 0. The fraction of sp³-hybridized carbons (Fsp3) is 0.818. The molecule has 0 aromatic carbocycles. The molecule has 2 atom stereocenters. The molecule has 2 N–H and O–H groups in total. The number of guanidine groups is 1. The lowest BCUT2D eigenvalue weighted by Crippen LogP contribution is -2.53. The number of hydrogen-bond acceptors (Lipinski definition) is 2. The molecule has 1 spiro atoms. The molecule has 1 saturated heterocycles. The van der Waals surface area contributed by atoms with Crippen molar-refractivity contribution in [1.29, 1.82) is 0 Å². The average molecular weight is 209 g/mol. The second-order valence-corrected chi connectivity index (χ2v) is 4.52. The quantitative estimate of drug-likeness (QED) is 0.677. The Labute approximate surface area is 90.5 Å². The minimum absolute atomic E-state index is 0.113. The van der Waals surface area contributed by atoms with E-state index in [-0.39, 0.29) is 11.4 Å². The van der Waals surface area contributed by atoms with E-state index in [0.29, 0.717) is 18.4 Å². The zero-order chi connectivity index (χ0) is 10.9. The van der Waals surface area contributed by atoms with Gasteiger partial charge in [-0.25, -0.2) is 0 Å². The highest BCUT2D eigenvalue weighted by Gasteiger charge is 2.49. The predicted octanol–water partition coefficient (Wildman–Crippen LogP) is 1.03. The van der Waals surface area contributed by atoms with Gasteiger partial charge in [0.25, 0.3) is 5.91 Å². The molecule has 4 heteroatoms. The maximum atomic E-state index is 12.0. The zero-order valence-electron chi connectivity index (χ0n) is 9.47. The minimum atomic E-state index is -0.369. The predicted molar refractivity (Wildman–Crippen MR) is 59.6 cm³/mol. The molecule has 84 valence electrons. The van der Waals surface area contributed by atoms with Crippen molar-refractivity contribution < 1.29 is 4.79 Å². The molecule has 2 aliphatic rings. The number of rotatable bonds is 1. The van der Waals surface area contributed by atoms with E-state index in [1.165, 1.54) is 6.42 Å². The molecule has 2 fully saturated rings. The Bertz CT molecular complexity index is 300. The maximum Gasteiger partial charge on any atom is 0.252 e. The van der Waals surface area contributed by atoms with Gasteiger partial charge in [0, 0.05) is 6.54 Å². The summed E-state index contributed by atoms with van der Waals surface area (Å²) in [6, 6.07) is 0. The molecule has 2 unspecified atom stereocenters. The Balaban J connectivity index is 2.21. The Morgan fingerprint density at radius 1 is 1.53 bits per heavy atom. The van der Waals surface area contributed by atoms with Gasteiger partial charge in [0.05, 0.1) is 0 Å². The summed E-state index contributed by atoms with van der Waals surface area (Å²) in [5, 5.41) is 6.14. The van der Waals surface area contributed by atoms with Crippen LogP contribution in [0.5, 0.6) is 0 Å². The van der Waals surface area contributed by atoms with Crippen molar-refractivity contribution in [3.8, 4) is 0 Å². The van der Waals surface area contributed by atoms with Crippen LogP contribution in [0.2, 0.25) is 0 Å². The number of nitrogens with one attached hydrogen (secondary N) is 2. The number of carbonyl (C=O) groups excluding carboxylic acids is 1. The van der Waals surface area contributed by atoms with Crippen LogP contribution in [-0.2, 0) is 4.79 Å². The molecule has 0 aromatic rings. The number of amides is 1. The molecule has 1 heterocycles. The highest BCUT2D eigenvalue weighted by atomic mass is 16.2. The van der Waals surface area contributed by atoms with Crippen LogP contribution in [-0.4, -0.2) is 24.0 Å². The van der Waals surface area contributed by atoms with Gasteiger partial charge in [0.1, 0.15) is 5.54 Å². The third-order valence-corrected chi connectivity index (χ3v) is 3.59. The first kappa shape index (κ1) is 10.5. The van der Waals surface area contributed by atoms with Crippen molar-refractivity contribution >= 4 is 11.9 Å². The van der Waals surface area contributed by atoms with Gasteiger partial charge in [-0.05, 0) is 25.7 Å². The third kappa shape index (κ3) is 1.62. The Kier molecular flexibility index (Phi) is 2.67. The molecule has 2 rings (SSSR count). The van der Waals surface area contributed by atoms with Crippen LogP contribution in [0, 0.1) is 5.92 Å². The van der Waals surface area contributed by atoms with Gasteiger partial charge in [-0.1, -0.05) is 19.8 Å². The molecule has 1 aliphatic heterocycles. The van der Waals surface area contributed by atoms with Gasteiger partial charge in [-0.15, -0.1) is 0 Å². The van der Waals surface area contributed by atoms with Crippen molar-refractivity contribution in [3.63, 3.8) is 0 Å². The number of carbonyl (C=O) groups is 1. The molecule has 1 amide bonds. The van der Waals surface area contributed by atoms with E-state index in [9.17, 15) is 4.79 Å². The summed E-state index contributed by atoms with van der Waals surface area (Å²) in [4.78, 5) is 16.2.